The van der Waals surface area contributed by atoms with Gasteiger partial charge >= 0.3 is 51.4 Å². The first-order valence-corrected chi connectivity index (χ1v) is 14.0. The Labute approximate surface area is 288 Å². The van der Waals surface area contributed by atoms with Gasteiger partial charge in [0.2, 0.25) is 5.90 Å². The topological polar surface area (TPSA) is 121 Å². The Morgan fingerprint density at radius 3 is 2.50 bits per heavy atom. The van der Waals surface area contributed by atoms with E-state index in [-0.39, 0.29) is 75.2 Å². The molecule has 2 aromatic carbocycles. The van der Waals surface area contributed by atoms with Gasteiger partial charge < -0.3 is 15.2 Å². The molecular formula is C30H24BrKN4O3S. The van der Waals surface area contributed by atoms with Crippen LogP contribution in [0, 0.1) is 22.7 Å². The number of halogens is 1. The first kappa shape index (κ1) is 32.0. The maximum atomic E-state index is 13.9. The Morgan fingerprint density at radius 2 is 1.85 bits per heavy atom. The van der Waals surface area contributed by atoms with Crippen molar-refractivity contribution >= 4 is 49.6 Å². The zero-order chi connectivity index (χ0) is 27.8. The van der Waals surface area contributed by atoms with Crippen LogP contribution in [0.25, 0.3) is 0 Å². The first-order chi connectivity index (χ1) is 18.9. The Kier molecular flexibility index (Phi) is 12.4. The number of thiophene rings is 1. The number of aryl methyl sites for hydroxylation is 1. The molecule has 1 heterocycles. The van der Waals surface area contributed by atoms with Crippen molar-refractivity contribution < 1.29 is 66.0 Å². The van der Waals surface area contributed by atoms with E-state index in [9.17, 15) is 20.4 Å². The molecule has 1 N–H and O–H groups in total. The van der Waals surface area contributed by atoms with Gasteiger partial charge in [0, 0.05) is 26.7 Å². The van der Waals surface area contributed by atoms with Crippen molar-refractivity contribution in [3.05, 3.63) is 104 Å². The molecule has 0 saturated carbocycles. The molecule has 0 amide bonds. The van der Waals surface area contributed by atoms with Crippen LogP contribution in [0.2, 0.25) is 0 Å². The summed E-state index contributed by atoms with van der Waals surface area (Å²) in [6, 6.07) is 19.7. The average molecular weight is 640 g/mol. The van der Waals surface area contributed by atoms with Crippen LogP contribution in [0.5, 0.6) is 0 Å². The molecule has 0 spiro atoms. The number of benzene rings is 2. The fourth-order valence-corrected chi connectivity index (χ4v) is 5.65. The molecule has 0 atom stereocenters. The van der Waals surface area contributed by atoms with Gasteiger partial charge in [-0.2, -0.15) is 10.5 Å². The van der Waals surface area contributed by atoms with Crippen LogP contribution in [0.1, 0.15) is 46.1 Å². The summed E-state index contributed by atoms with van der Waals surface area (Å²) in [5.74, 6) is -1.35. The molecule has 1 aromatic heterocycles. The maximum absolute atomic E-state index is 13.9. The number of nitrogens with one attached hydrogen (secondary N) is 1. The predicted octanol–water partition coefficient (Wildman–Crippen LogP) is 3.35. The average Bonchev–Trinajstić information content (AvgIpc) is 3.31. The van der Waals surface area contributed by atoms with E-state index < -0.39 is 11.5 Å². The summed E-state index contributed by atoms with van der Waals surface area (Å²) in [5.41, 5.74) is 1.80. The quantitative estimate of drug-likeness (QED) is 0.0590. The van der Waals surface area contributed by atoms with Crippen LogP contribution in [0.4, 0.5) is 10.7 Å². The number of allylic oxidation sites excluding steroid dienone is 1. The monoisotopic (exact) mass is 638 g/mol. The van der Waals surface area contributed by atoms with Gasteiger partial charge in [0.05, 0.1) is 17.9 Å². The van der Waals surface area contributed by atoms with Crippen molar-refractivity contribution in [2.24, 2.45) is 4.99 Å². The molecule has 3 aromatic rings. The number of nitrogens with zero attached hydrogens (tertiary/aromatic N) is 3. The molecule has 0 unspecified atom stereocenters. The van der Waals surface area contributed by atoms with E-state index in [1.165, 1.54) is 11.3 Å². The molecule has 0 saturated heterocycles. The molecule has 4 rings (SSSR count). The third-order valence-corrected chi connectivity index (χ3v) is 7.74. The minimum atomic E-state index is -0.763. The largest absolute Gasteiger partial charge is 1.00 e. The fourth-order valence-electron chi connectivity index (χ4n) is 4.13. The third kappa shape index (κ3) is 7.80. The van der Waals surface area contributed by atoms with Crippen LogP contribution < -0.4 is 61.8 Å². The SMILES string of the molecule is CCOC(=Nc1ccccc1)C(C#N)=C([O-])C(=CC(=O)c1ccc(Br)cc1)Nc1sc2c(c1C#N)CCCC2.[K+]. The molecule has 0 bridgehead atoms. The van der Waals surface area contributed by atoms with Gasteiger partial charge in [-0.1, -0.05) is 39.9 Å². The molecule has 1 aliphatic rings. The van der Waals surface area contributed by atoms with Crippen molar-refractivity contribution in [3.63, 3.8) is 0 Å². The number of ether oxygens (including phenoxy) is 1. The fraction of sp³-hybridized carbons (Fsp3) is 0.200. The van der Waals surface area contributed by atoms with Gasteiger partial charge in [0.1, 0.15) is 22.7 Å². The number of nitriles is 2. The third-order valence-electron chi connectivity index (χ3n) is 6.00. The second-order valence-corrected chi connectivity index (χ2v) is 10.6. The molecule has 40 heavy (non-hydrogen) atoms. The van der Waals surface area contributed by atoms with Crippen molar-refractivity contribution in [2.45, 2.75) is 32.6 Å². The standard InChI is InChI=1S/C30H25BrN4O3S.K/c1-2-38-29(34-21-8-4-3-5-9-21)24(18-33)28(37)25(16-26(36)19-12-14-20(31)15-13-19)35-30-23(17-32)22-10-6-7-11-27(22)39-30;/h3-5,8-9,12-16,35,37H,2,6-7,10-11H2,1H3;/q;+1/p-1. The maximum Gasteiger partial charge on any atom is 1.00 e. The number of hydrogen-bond donors (Lipinski definition) is 1. The summed E-state index contributed by atoms with van der Waals surface area (Å²) in [6.07, 6.45) is 4.82. The number of carbonyl (C=O) groups is 1. The molecule has 196 valence electrons. The number of carbonyl (C=O) groups excluding carboxylic acids is 1. The van der Waals surface area contributed by atoms with Gasteiger partial charge in [0.15, 0.2) is 5.78 Å². The molecule has 0 aliphatic heterocycles. The van der Waals surface area contributed by atoms with E-state index in [0.29, 0.717) is 21.8 Å². The van der Waals surface area contributed by atoms with Gasteiger partial charge in [-0.15, -0.1) is 11.3 Å². The normalized spacial score (nSPS) is 13.6. The summed E-state index contributed by atoms with van der Waals surface area (Å²) in [5, 5.41) is 37.3. The van der Waals surface area contributed by atoms with Crippen molar-refractivity contribution in [2.75, 3.05) is 11.9 Å². The van der Waals surface area contributed by atoms with E-state index in [0.717, 1.165) is 46.7 Å². The van der Waals surface area contributed by atoms with Crippen molar-refractivity contribution in [1.29, 1.82) is 10.5 Å². The molecular weight excluding hydrogens is 615 g/mol. The number of aliphatic imine (C=N–C) groups is 1. The minimum Gasteiger partial charge on any atom is -0.870 e. The summed E-state index contributed by atoms with van der Waals surface area (Å²) >= 11 is 4.75. The van der Waals surface area contributed by atoms with Gasteiger partial charge in [-0.05, 0) is 74.6 Å². The minimum absolute atomic E-state index is 0. The molecule has 7 nitrogen and oxygen atoms in total. The van der Waals surface area contributed by atoms with Crippen LogP contribution in [-0.2, 0) is 17.6 Å². The van der Waals surface area contributed by atoms with Gasteiger partial charge in [-0.25, -0.2) is 4.99 Å². The van der Waals surface area contributed by atoms with E-state index in [4.69, 9.17) is 4.74 Å². The van der Waals surface area contributed by atoms with Crippen LogP contribution in [0.3, 0.4) is 0 Å². The second kappa shape index (κ2) is 15.5. The number of rotatable bonds is 8. The van der Waals surface area contributed by atoms with Crippen LogP contribution in [0.15, 0.2) is 87.2 Å². The number of ketones is 1. The first-order valence-electron chi connectivity index (χ1n) is 12.4. The predicted molar refractivity (Wildman–Crippen MR) is 154 cm³/mol. The van der Waals surface area contributed by atoms with Gasteiger partial charge in [-0.3, -0.25) is 4.79 Å². The number of hydrogen-bond acceptors (Lipinski definition) is 8. The van der Waals surface area contributed by atoms with E-state index in [1.54, 1.807) is 55.5 Å². The summed E-state index contributed by atoms with van der Waals surface area (Å²) in [4.78, 5) is 18.7. The summed E-state index contributed by atoms with van der Waals surface area (Å²) < 4.78 is 6.41. The molecule has 0 fully saturated rings. The van der Waals surface area contributed by atoms with Crippen LogP contribution >= 0.6 is 27.3 Å². The Balaban J connectivity index is 0.00000441. The van der Waals surface area contributed by atoms with Crippen molar-refractivity contribution in [1.82, 2.24) is 0 Å². The summed E-state index contributed by atoms with van der Waals surface area (Å²) in [7, 11) is 0. The van der Waals surface area contributed by atoms with Crippen LogP contribution in [-0.4, -0.2) is 18.3 Å². The number of para-hydroxylation sites is 1. The molecule has 1 aliphatic carbocycles. The smallest absolute Gasteiger partial charge is 0.870 e. The number of anilines is 1. The zero-order valence-electron chi connectivity index (χ0n) is 22.2. The Morgan fingerprint density at radius 1 is 1.15 bits per heavy atom. The molecule has 10 heteroatoms. The van der Waals surface area contributed by atoms with E-state index in [2.05, 4.69) is 32.3 Å². The Bertz CT molecular complexity index is 1550. The zero-order valence-corrected chi connectivity index (χ0v) is 27.7. The van der Waals surface area contributed by atoms with E-state index in [1.807, 2.05) is 12.1 Å². The van der Waals surface area contributed by atoms with Crippen molar-refractivity contribution in [3.8, 4) is 12.1 Å². The second-order valence-electron chi connectivity index (χ2n) is 8.58. The van der Waals surface area contributed by atoms with Gasteiger partial charge in [0.25, 0.3) is 0 Å². The number of fused-ring (bicyclic) bond motifs is 1. The Hall–Kier alpha value is -2.54. The summed E-state index contributed by atoms with van der Waals surface area (Å²) in [6.45, 7) is 1.89. The van der Waals surface area contributed by atoms with E-state index >= 15 is 0 Å². The molecule has 0 radical (unpaired) electrons.